The molecule has 1 N–H and O–H groups in total. The van der Waals surface area contributed by atoms with E-state index in [0.717, 1.165) is 5.56 Å². The maximum atomic E-state index is 10.1. The van der Waals surface area contributed by atoms with Gasteiger partial charge in [0, 0.05) is 6.42 Å². The monoisotopic (exact) mass is 232 g/mol. The van der Waals surface area contributed by atoms with Crippen molar-refractivity contribution in [2.24, 2.45) is 0 Å². The third kappa shape index (κ3) is 2.71. The van der Waals surface area contributed by atoms with Gasteiger partial charge in [0.25, 0.3) is 0 Å². The topological polar surface area (TPSA) is 20.2 Å². The van der Waals surface area contributed by atoms with Crippen LogP contribution in [0.2, 0.25) is 0 Å². The molecule has 16 heavy (non-hydrogen) atoms. The number of aliphatic hydroxyl groups is 1. The van der Waals surface area contributed by atoms with Gasteiger partial charge < -0.3 is 5.11 Å². The quantitative estimate of drug-likeness (QED) is 0.856. The largest absolute Gasteiger partial charge is 0.388 e. The maximum absolute atomic E-state index is 10.1. The molecule has 2 rings (SSSR count). The average Bonchev–Trinajstić information content (AvgIpc) is 2.68. The van der Waals surface area contributed by atoms with Crippen LogP contribution in [0.25, 0.3) is 0 Å². The van der Waals surface area contributed by atoms with E-state index in [4.69, 9.17) is 0 Å². The van der Waals surface area contributed by atoms with Crippen LogP contribution >= 0.6 is 11.3 Å². The summed E-state index contributed by atoms with van der Waals surface area (Å²) in [5, 5.41) is 14.3. The molecule has 2 heteroatoms. The van der Waals surface area contributed by atoms with E-state index in [1.54, 1.807) is 11.3 Å². The number of aliphatic hydroxyl groups excluding tert-OH is 1. The normalized spacial score (nSPS) is 12.7. The number of benzene rings is 1. The highest BCUT2D eigenvalue weighted by molar-refractivity contribution is 7.07. The van der Waals surface area contributed by atoms with Crippen molar-refractivity contribution < 1.29 is 5.11 Å². The predicted octanol–water partition coefficient (Wildman–Crippen LogP) is 3.64. The Kier molecular flexibility index (Phi) is 3.42. The molecule has 0 aliphatic heterocycles. The Morgan fingerprint density at radius 3 is 2.44 bits per heavy atom. The van der Waals surface area contributed by atoms with Crippen molar-refractivity contribution in [3.05, 3.63) is 57.3 Å². The summed E-state index contributed by atoms with van der Waals surface area (Å²) in [5.74, 6) is 0. The first-order chi connectivity index (χ1) is 7.65. The lowest BCUT2D eigenvalue weighted by Gasteiger charge is -2.12. The molecule has 0 spiro atoms. The van der Waals surface area contributed by atoms with Crippen LogP contribution in [-0.2, 0) is 6.42 Å². The smallest absolute Gasteiger partial charge is 0.0830 e. The number of aryl methyl sites for hydroxylation is 2. The van der Waals surface area contributed by atoms with E-state index in [9.17, 15) is 5.11 Å². The lowest BCUT2D eigenvalue weighted by molar-refractivity contribution is 0.178. The van der Waals surface area contributed by atoms with Crippen LogP contribution in [0.1, 0.15) is 28.4 Å². The Bertz CT molecular complexity index is 439. The van der Waals surface area contributed by atoms with E-state index in [2.05, 4.69) is 43.5 Å². The van der Waals surface area contributed by atoms with Crippen LogP contribution in [0.3, 0.4) is 0 Å². The Balaban J connectivity index is 2.17. The van der Waals surface area contributed by atoms with Crippen molar-refractivity contribution in [2.45, 2.75) is 26.4 Å². The summed E-state index contributed by atoms with van der Waals surface area (Å²) in [5.41, 5.74) is 4.64. The third-order valence-corrected chi connectivity index (χ3v) is 3.37. The molecule has 0 aliphatic rings. The first kappa shape index (κ1) is 11.4. The second kappa shape index (κ2) is 4.81. The SMILES string of the molecule is Cc1cc(C)cc(C(O)Cc2ccsc2)c1. The summed E-state index contributed by atoms with van der Waals surface area (Å²) in [6.45, 7) is 4.13. The molecule has 2 aromatic rings. The van der Waals surface area contributed by atoms with Gasteiger partial charge in [-0.2, -0.15) is 11.3 Å². The standard InChI is InChI=1S/C14H16OS/c1-10-5-11(2)7-13(6-10)14(15)8-12-3-4-16-9-12/h3-7,9,14-15H,8H2,1-2H3. The third-order valence-electron chi connectivity index (χ3n) is 2.64. The van der Waals surface area contributed by atoms with E-state index in [1.165, 1.54) is 16.7 Å². The summed E-state index contributed by atoms with van der Waals surface area (Å²) in [4.78, 5) is 0. The lowest BCUT2D eigenvalue weighted by Crippen LogP contribution is -2.01. The van der Waals surface area contributed by atoms with E-state index >= 15 is 0 Å². The van der Waals surface area contributed by atoms with E-state index < -0.39 is 6.10 Å². The van der Waals surface area contributed by atoms with Crippen molar-refractivity contribution in [1.82, 2.24) is 0 Å². The number of hydrogen-bond acceptors (Lipinski definition) is 2. The molecule has 0 saturated heterocycles. The first-order valence-corrected chi connectivity index (χ1v) is 6.37. The van der Waals surface area contributed by atoms with E-state index in [-0.39, 0.29) is 0 Å². The van der Waals surface area contributed by atoms with Gasteiger partial charge >= 0.3 is 0 Å². The van der Waals surface area contributed by atoms with Crippen LogP contribution in [0, 0.1) is 13.8 Å². The highest BCUT2D eigenvalue weighted by Crippen LogP contribution is 2.21. The fourth-order valence-electron chi connectivity index (χ4n) is 1.95. The number of thiophene rings is 1. The van der Waals surface area contributed by atoms with Crippen molar-refractivity contribution in [3.8, 4) is 0 Å². The van der Waals surface area contributed by atoms with Gasteiger partial charge in [0.15, 0.2) is 0 Å². The Hall–Kier alpha value is -1.12. The summed E-state index contributed by atoms with van der Waals surface area (Å²) < 4.78 is 0. The summed E-state index contributed by atoms with van der Waals surface area (Å²) >= 11 is 1.67. The van der Waals surface area contributed by atoms with Gasteiger partial charge in [0.2, 0.25) is 0 Å². The summed E-state index contributed by atoms with van der Waals surface area (Å²) in [6, 6.07) is 8.31. The van der Waals surface area contributed by atoms with E-state index in [0.29, 0.717) is 6.42 Å². The van der Waals surface area contributed by atoms with Gasteiger partial charge in [0.05, 0.1) is 6.10 Å². The van der Waals surface area contributed by atoms with Crippen LogP contribution in [0.5, 0.6) is 0 Å². The molecule has 84 valence electrons. The minimum absolute atomic E-state index is 0.395. The van der Waals surface area contributed by atoms with Gasteiger partial charge in [-0.1, -0.05) is 29.3 Å². The summed E-state index contributed by atoms with van der Waals surface area (Å²) in [6.07, 6.45) is 0.306. The van der Waals surface area contributed by atoms with Gasteiger partial charge in [-0.05, 0) is 41.8 Å². The van der Waals surface area contributed by atoms with Crippen molar-refractivity contribution >= 4 is 11.3 Å². The van der Waals surface area contributed by atoms with Crippen LogP contribution in [-0.4, -0.2) is 5.11 Å². The molecule has 1 aromatic carbocycles. The molecule has 0 amide bonds. The highest BCUT2D eigenvalue weighted by Gasteiger charge is 2.09. The van der Waals surface area contributed by atoms with E-state index in [1.807, 2.05) is 5.38 Å². The number of rotatable bonds is 3. The molecular formula is C14H16OS. The zero-order valence-corrected chi connectivity index (χ0v) is 10.4. The average molecular weight is 232 g/mol. The second-order valence-corrected chi connectivity index (χ2v) is 5.05. The molecule has 0 radical (unpaired) electrons. The molecule has 0 fully saturated rings. The van der Waals surface area contributed by atoms with Crippen LogP contribution in [0.15, 0.2) is 35.0 Å². The fraction of sp³-hybridized carbons (Fsp3) is 0.286. The van der Waals surface area contributed by atoms with Crippen LogP contribution in [0.4, 0.5) is 0 Å². The molecule has 1 atom stereocenters. The molecular weight excluding hydrogens is 216 g/mol. The Morgan fingerprint density at radius 2 is 1.88 bits per heavy atom. The fourth-order valence-corrected chi connectivity index (χ4v) is 2.63. The zero-order chi connectivity index (χ0) is 11.5. The first-order valence-electron chi connectivity index (χ1n) is 5.42. The molecule has 1 heterocycles. The highest BCUT2D eigenvalue weighted by atomic mass is 32.1. The molecule has 0 bridgehead atoms. The predicted molar refractivity (Wildman–Crippen MR) is 68.9 cm³/mol. The molecule has 0 aliphatic carbocycles. The van der Waals surface area contributed by atoms with Gasteiger partial charge in [-0.15, -0.1) is 0 Å². The van der Waals surface area contributed by atoms with Crippen molar-refractivity contribution in [2.75, 3.05) is 0 Å². The minimum Gasteiger partial charge on any atom is -0.388 e. The van der Waals surface area contributed by atoms with Gasteiger partial charge in [-0.3, -0.25) is 0 Å². The molecule has 0 saturated carbocycles. The van der Waals surface area contributed by atoms with Gasteiger partial charge in [-0.25, -0.2) is 0 Å². The van der Waals surface area contributed by atoms with Crippen molar-refractivity contribution in [3.63, 3.8) is 0 Å². The molecule has 1 nitrogen and oxygen atoms in total. The van der Waals surface area contributed by atoms with Crippen LogP contribution < -0.4 is 0 Å². The second-order valence-electron chi connectivity index (χ2n) is 4.27. The van der Waals surface area contributed by atoms with Crippen molar-refractivity contribution in [1.29, 1.82) is 0 Å². The molecule has 1 aromatic heterocycles. The minimum atomic E-state index is -0.395. The zero-order valence-electron chi connectivity index (χ0n) is 9.60. The maximum Gasteiger partial charge on any atom is 0.0830 e. The molecule has 1 unspecified atom stereocenters. The number of hydrogen-bond donors (Lipinski definition) is 1. The Labute approximate surface area is 100 Å². The lowest BCUT2D eigenvalue weighted by atomic mass is 9.99. The summed E-state index contributed by atoms with van der Waals surface area (Å²) in [7, 11) is 0. The van der Waals surface area contributed by atoms with Gasteiger partial charge in [0.1, 0.15) is 0 Å². The Morgan fingerprint density at radius 1 is 1.19 bits per heavy atom.